The molecule has 0 aliphatic carbocycles. The molecule has 5 heteroatoms. The lowest BCUT2D eigenvalue weighted by molar-refractivity contribution is 0.0495. The zero-order chi connectivity index (χ0) is 12.8. The molecule has 1 N–H and O–H groups in total. The van der Waals surface area contributed by atoms with Crippen LogP contribution in [0, 0.1) is 0 Å². The fourth-order valence-electron chi connectivity index (χ4n) is 2.22. The molecule has 0 saturated carbocycles. The Morgan fingerprint density at radius 3 is 2.61 bits per heavy atom. The van der Waals surface area contributed by atoms with E-state index in [4.69, 9.17) is 13.3 Å². The molecular weight excluding hydrogens is 246 g/mol. The first kappa shape index (κ1) is 13.7. The zero-order valence-electron chi connectivity index (χ0n) is 11.0. The van der Waals surface area contributed by atoms with Crippen LogP contribution in [0.2, 0.25) is 6.04 Å². The molecule has 1 unspecified atom stereocenters. The van der Waals surface area contributed by atoms with Gasteiger partial charge < -0.3 is 18.6 Å². The van der Waals surface area contributed by atoms with Gasteiger partial charge in [-0.15, -0.1) is 0 Å². The Morgan fingerprint density at radius 1 is 1.22 bits per heavy atom. The highest BCUT2D eigenvalue weighted by molar-refractivity contribution is 6.60. The van der Waals surface area contributed by atoms with Gasteiger partial charge in [0.1, 0.15) is 0 Å². The molecule has 1 aliphatic heterocycles. The molecule has 0 bridgehead atoms. The van der Waals surface area contributed by atoms with Crippen molar-refractivity contribution in [3.05, 3.63) is 35.9 Å². The predicted octanol–water partition coefficient (Wildman–Crippen LogP) is 1.97. The average Bonchev–Trinajstić information content (AvgIpc) is 2.41. The molecule has 1 heterocycles. The minimum Gasteiger partial charge on any atom is -0.377 e. The summed E-state index contributed by atoms with van der Waals surface area (Å²) in [5.41, 5.74) is 1.16. The summed E-state index contributed by atoms with van der Waals surface area (Å²) in [6.07, 6.45) is 1.02. The average molecular weight is 267 g/mol. The molecule has 0 radical (unpaired) electrons. The van der Waals surface area contributed by atoms with Crippen LogP contribution >= 0.6 is 0 Å². The highest BCUT2D eigenvalue weighted by atomic mass is 28.4. The first-order valence-electron chi connectivity index (χ1n) is 6.33. The highest BCUT2D eigenvalue weighted by Crippen LogP contribution is 2.27. The van der Waals surface area contributed by atoms with Crippen LogP contribution in [-0.2, 0) is 13.3 Å². The lowest BCUT2D eigenvalue weighted by atomic mass is 10.1. The predicted molar refractivity (Wildman–Crippen MR) is 72.3 cm³/mol. The van der Waals surface area contributed by atoms with E-state index in [9.17, 15) is 0 Å². The molecule has 0 aromatic heterocycles. The van der Waals surface area contributed by atoms with Crippen molar-refractivity contribution in [3.63, 3.8) is 0 Å². The van der Waals surface area contributed by atoms with Gasteiger partial charge in [-0.05, 0) is 18.5 Å². The molecule has 0 spiro atoms. The largest absolute Gasteiger partial charge is 0.501 e. The van der Waals surface area contributed by atoms with Crippen molar-refractivity contribution in [2.24, 2.45) is 0 Å². The van der Waals surface area contributed by atoms with Gasteiger partial charge in [0.05, 0.1) is 6.10 Å². The number of hydrogen-bond acceptors (Lipinski definition) is 4. The molecule has 1 atom stereocenters. The summed E-state index contributed by atoms with van der Waals surface area (Å²) in [4.78, 5) is 0. The van der Waals surface area contributed by atoms with Crippen LogP contribution in [0.3, 0.4) is 0 Å². The standard InChI is InChI=1S/C13H21NO3Si/c1-15-18(16-2)10-6-9-14-11-13(17-18)12-7-4-3-5-8-12/h3-5,7-8,13-14H,6,9-11H2,1-2H3. The Balaban J connectivity index is 2.17. The van der Waals surface area contributed by atoms with E-state index in [1.54, 1.807) is 14.2 Å². The Hall–Kier alpha value is -0.723. The van der Waals surface area contributed by atoms with Gasteiger partial charge in [-0.1, -0.05) is 30.3 Å². The maximum atomic E-state index is 6.20. The lowest BCUT2D eigenvalue weighted by Crippen LogP contribution is -2.48. The number of nitrogens with one attached hydrogen (secondary N) is 1. The van der Waals surface area contributed by atoms with Gasteiger partial charge in [-0.25, -0.2) is 0 Å². The maximum absolute atomic E-state index is 6.20. The van der Waals surface area contributed by atoms with Gasteiger partial charge in [0, 0.05) is 26.8 Å². The molecule has 0 amide bonds. The molecule has 1 saturated heterocycles. The third-order valence-electron chi connectivity index (χ3n) is 3.28. The van der Waals surface area contributed by atoms with E-state index in [2.05, 4.69) is 17.4 Å². The van der Waals surface area contributed by atoms with E-state index in [-0.39, 0.29) is 6.10 Å². The molecule has 1 aromatic rings. The van der Waals surface area contributed by atoms with Gasteiger partial charge in [0.25, 0.3) is 0 Å². The monoisotopic (exact) mass is 267 g/mol. The molecular formula is C13H21NO3Si. The van der Waals surface area contributed by atoms with Gasteiger partial charge in [0.2, 0.25) is 0 Å². The van der Waals surface area contributed by atoms with E-state index < -0.39 is 8.80 Å². The van der Waals surface area contributed by atoms with Crippen molar-refractivity contribution in [3.8, 4) is 0 Å². The maximum Gasteiger partial charge on any atom is 0.501 e. The minimum absolute atomic E-state index is 0.00179. The fraction of sp³-hybridized carbons (Fsp3) is 0.538. The topological polar surface area (TPSA) is 39.7 Å². The number of rotatable bonds is 3. The second kappa shape index (κ2) is 6.45. The van der Waals surface area contributed by atoms with Gasteiger partial charge in [0.15, 0.2) is 0 Å². The normalized spacial score (nSPS) is 24.2. The van der Waals surface area contributed by atoms with Crippen LogP contribution in [-0.4, -0.2) is 36.1 Å². The summed E-state index contributed by atoms with van der Waals surface area (Å²) in [5.74, 6) is 0. The van der Waals surface area contributed by atoms with Crippen molar-refractivity contribution < 1.29 is 13.3 Å². The Bertz CT molecular complexity index is 357. The third kappa shape index (κ3) is 3.18. The van der Waals surface area contributed by atoms with Crippen molar-refractivity contribution in [1.29, 1.82) is 0 Å². The van der Waals surface area contributed by atoms with Crippen LogP contribution < -0.4 is 5.32 Å². The van der Waals surface area contributed by atoms with Crippen molar-refractivity contribution in [2.75, 3.05) is 27.3 Å². The van der Waals surface area contributed by atoms with Gasteiger partial charge in [-0.2, -0.15) is 0 Å². The van der Waals surface area contributed by atoms with Crippen LogP contribution in [0.5, 0.6) is 0 Å². The van der Waals surface area contributed by atoms with Crippen LogP contribution in [0.4, 0.5) is 0 Å². The van der Waals surface area contributed by atoms with E-state index in [0.29, 0.717) is 0 Å². The minimum atomic E-state index is -2.50. The quantitative estimate of drug-likeness (QED) is 0.850. The second-order valence-electron chi connectivity index (χ2n) is 4.42. The fourth-order valence-corrected chi connectivity index (χ4v) is 4.37. The van der Waals surface area contributed by atoms with Crippen LogP contribution in [0.1, 0.15) is 18.1 Å². The van der Waals surface area contributed by atoms with Crippen molar-refractivity contribution in [1.82, 2.24) is 5.32 Å². The van der Waals surface area contributed by atoms with E-state index >= 15 is 0 Å². The SMILES string of the molecule is CO[Si]1(OC)CCCNCC(c2ccccc2)O1. The molecule has 1 fully saturated rings. The van der Waals surface area contributed by atoms with E-state index in [1.807, 2.05) is 18.2 Å². The van der Waals surface area contributed by atoms with Crippen LogP contribution in [0.25, 0.3) is 0 Å². The van der Waals surface area contributed by atoms with Crippen molar-refractivity contribution >= 4 is 8.80 Å². The van der Waals surface area contributed by atoms with Gasteiger partial charge in [-0.3, -0.25) is 0 Å². The number of benzene rings is 1. The summed E-state index contributed by atoms with van der Waals surface area (Å²) in [5, 5.41) is 3.41. The first-order chi connectivity index (χ1) is 8.79. The number of hydrogen-bond donors (Lipinski definition) is 1. The molecule has 2 rings (SSSR count). The Labute approximate surface area is 110 Å². The molecule has 1 aliphatic rings. The molecule has 4 nitrogen and oxygen atoms in total. The molecule has 18 heavy (non-hydrogen) atoms. The summed E-state index contributed by atoms with van der Waals surface area (Å²) < 4.78 is 17.4. The lowest BCUT2D eigenvalue weighted by Gasteiger charge is -2.33. The Kier molecular flexibility index (Phi) is 4.91. The molecule has 1 aromatic carbocycles. The zero-order valence-corrected chi connectivity index (χ0v) is 12.0. The summed E-state index contributed by atoms with van der Waals surface area (Å²) in [7, 11) is 0.876. The van der Waals surface area contributed by atoms with Gasteiger partial charge >= 0.3 is 8.80 Å². The smallest absolute Gasteiger partial charge is 0.377 e. The Morgan fingerprint density at radius 2 is 1.94 bits per heavy atom. The second-order valence-corrected chi connectivity index (χ2v) is 7.33. The first-order valence-corrected chi connectivity index (χ1v) is 8.26. The molecule has 100 valence electrons. The summed E-state index contributed by atoms with van der Waals surface area (Å²) in [6.45, 7) is 1.78. The van der Waals surface area contributed by atoms with Crippen molar-refractivity contribution in [2.45, 2.75) is 18.6 Å². The third-order valence-corrected chi connectivity index (χ3v) is 6.14. The highest BCUT2D eigenvalue weighted by Gasteiger charge is 2.42. The van der Waals surface area contributed by atoms with Crippen LogP contribution in [0.15, 0.2) is 30.3 Å². The van der Waals surface area contributed by atoms with E-state index in [1.165, 1.54) is 0 Å². The summed E-state index contributed by atoms with van der Waals surface area (Å²) in [6, 6.07) is 11.1. The van der Waals surface area contributed by atoms with E-state index in [0.717, 1.165) is 31.1 Å². The summed E-state index contributed by atoms with van der Waals surface area (Å²) >= 11 is 0.